The van der Waals surface area contributed by atoms with E-state index < -0.39 is 0 Å². The van der Waals surface area contributed by atoms with Gasteiger partial charge < -0.3 is 9.47 Å². The van der Waals surface area contributed by atoms with Gasteiger partial charge in [-0.2, -0.15) is 0 Å². The number of imidazole rings is 1. The zero-order valence-corrected chi connectivity index (χ0v) is 14.8. The summed E-state index contributed by atoms with van der Waals surface area (Å²) in [7, 11) is 0. The van der Waals surface area contributed by atoms with E-state index in [-0.39, 0.29) is 0 Å². The molecule has 0 bridgehead atoms. The van der Waals surface area contributed by atoms with Gasteiger partial charge in [0, 0.05) is 49.0 Å². The van der Waals surface area contributed by atoms with Crippen molar-refractivity contribution in [3.63, 3.8) is 0 Å². The highest BCUT2D eigenvalue weighted by Crippen LogP contribution is 2.33. The summed E-state index contributed by atoms with van der Waals surface area (Å²) in [6.45, 7) is 2.04. The highest BCUT2D eigenvalue weighted by molar-refractivity contribution is 5.59. The molecule has 0 N–H and O–H groups in total. The number of anilines is 1. The van der Waals surface area contributed by atoms with E-state index in [0.717, 1.165) is 56.1 Å². The van der Waals surface area contributed by atoms with Crippen molar-refractivity contribution in [2.24, 2.45) is 0 Å². The van der Waals surface area contributed by atoms with Crippen molar-refractivity contribution in [2.45, 2.75) is 38.1 Å². The van der Waals surface area contributed by atoms with Crippen LogP contribution in [0.25, 0.3) is 11.5 Å². The molecule has 0 spiro atoms. The topological polar surface area (TPSA) is 59.7 Å². The molecule has 5 rings (SSSR count). The second kappa shape index (κ2) is 6.52. The minimum absolute atomic E-state index is 0.541. The highest BCUT2D eigenvalue weighted by atomic mass is 15.2. The Morgan fingerprint density at radius 1 is 1.00 bits per heavy atom. The van der Waals surface area contributed by atoms with E-state index in [0.29, 0.717) is 6.04 Å². The lowest BCUT2D eigenvalue weighted by Crippen LogP contribution is -2.35. The summed E-state index contributed by atoms with van der Waals surface area (Å²) in [5, 5.41) is 0. The first kappa shape index (κ1) is 15.5. The molecule has 3 aromatic heterocycles. The van der Waals surface area contributed by atoms with Crippen LogP contribution in [0.5, 0.6) is 0 Å². The van der Waals surface area contributed by atoms with Crippen molar-refractivity contribution in [1.82, 2.24) is 24.5 Å². The number of pyridine rings is 1. The zero-order valence-electron chi connectivity index (χ0n) is 14.8. The predicted molar refractivity (Wildman–Crippen MR) is 100.0 cm³/mol. The molecule has 0 aromatic carbocycles. The number of aryl methyl sites for hydroxylation is 1. The van der Waals surface area contributed by atoms with Crippen LogP contribution in [-0.4, -0.2) is 37.6 Å². The Morgan fingerprint density at radius 3 is 2.69 bits per heavy atom. The molecule has 132 valence electrons. The fraction of sp³-hybridized carbons (Fsp3) is 0.400. The molecule has 2 aliphatic rings. The lowest BCUT2D eigenvalue weighted by atomic mass is 10.0. The normalized spacial score (nSPS) is 17.5. The van der Waals surface area contributed by atoms with Gasteiger partial charge in [0.25, 0.3) is 0 Å². The molecule has 1 fully saturated rings. The summed E-state index contributed by atoms with van der Waals surface area (Å²) in [6.07, 6.45) is 13.2. The SMILES string of the molecule is c1ccc(-c2nc3c(c(N4CCC(n5ccnc5)CC4)n2)CCC3)nc1. The lowest BCUT2D eigenvalue weighted by Gasteiger charge is -2.34. The van der Waals surface area contributed by atoms with Gasteiger partial charge in [-0.1, -0.05) is 6.07 Å². The molecular formula is C20H22N6. The standard InChI is InChI=1S/C20H22N6/c1-2-9-22-18(5-1)19-23-17-6-3-4-16(17)20(24-19)25-11-7-15(8-12-25)26-13-10-21-14-26/h1-2,5,9-10,13-15H,3-4,6-8,11-12H2. The number of nitrogens with zero attached hydrogens (tertiary/aromatic N) is 6. The summed E-state index contributed by atoms with van der Waals surface area (Å²) >= 11 is 0. The van der Waals surface area contributed by atoms with Crippen LogP contribution in [-0.2, 0) is 12.8 Å². The second-order valence-electron chi connectivity index (χ2n) is 7.09. The van der Waals surface area contributed by atoms with Crippen molar-refractivity contribution in [3.05, 3.63) is 54.4 Å². The zero-order chi connectivity index (χ0) is 17.3. The van der Waals surface area contributed by atoms with Gasteiger partial charge in [-0.25, -0.2) is 15.0 Å². The largest absolute Gasteiger partial charge is 0.356 e. The number of aromatic nitrogens is 5. The molecule has 0 saturated carbocycles. The summed E-state index contributed by atoms with van der Waals surface area (Å²) < 4.78 is 2.24. The average molecular weight is 346 g/mol. The van der Waals surface area contributed by atoms with E-state index in [1.54, 1.807) is 0 Å². The minimum Gasteiger partial charge on any atom is -0.356 e. The average Bonchev–Trinajstić information content (AvgIpc) is 3.40. The van der Waals surface area contributed by atoms with Gasteiger partial charge in [-0.15, -0.1) is 0 Å². The molecule has 3 aromatic rings. The first-order valence-electron chi connectivity index (χ1n) is 9.42. The number of rotatable bonds is 3. The van der Waals surface area contributed by atoms with Crippen molar-refractivity contribution >= 4 is 5.82 Å². The molecule has 26 heavy (non-hydrogen) atoms. The molecule has 6 heteroatoms. The smallest absolute Gasteiger partial charge is 0.180 e. The first-order chi connectivity index (χ1) is 12.9. The Kier molecular flexibility index (Phi) is 3.88. The van der Waals surface area contributed by atoms with Gasteiger partial charge in [-0.05, 0) is 44.2 Å². The van der Waals surface area contributed by atoms with E-state index in [4.69, 9.17) is 9.97 Å². The third kappa shape index (κ3) is 2.75. The van der Waals surface area contributed by atoms with Crippen LogP contribution in [0.15, 0.2) is 43.1 Å². The third-order valence-corrected chi connectivity index (χ3v) is 5.52. The van der Waals surface area contributed by atoms with Crippen molar-refractivity contribution in [1.29, 1.82) is 0 Å². The van der Waals surface area contributed by atoms with Crippen LogP contribution < -0.4 is 4.90 Å². The van der Waals surface area contributed by atoms with Crippen LogP contribution in [0.4, 0.5) is 5.82 Å². The summed E-state index contributed by atoms with van der Waals surface area (Å²) in [4.78, 5) is 20.9. The molecule has 4 heterocycles. The van der Waals surface area contributed by atoms with Gasteiger partial charge in [-0.3, -0.25) is 4.98 Å². The van der Waals surface area contributed by atoms with Gasteiger partial charge in [0.05, 0.1) is 6.33 Å². The maximum Gasteiger partial charge on any atom is 0.180 e. The van der Waals surface area contributed by atoms with Crippen LogP contribution in [0.2, 0.25) is 0 Å². The maximum atomic E-state index is 4.96. The van der Waals surface area contributed by atoms with Gasteiger partial charge >= 0.3 is 0 Å². The first-order valence-corrected chi connectivity index (χ1v) is 9.42. The summed E-state index contributed by atoms with van der Waals surface area (Å²) in [6, 6.07) is 6.46. The molecule has 1 saturated heterocycles. The molecule has 1 aliphatic carbocycles. The predicted octanol–water partition coefficient (Wildman–Crippen LogP) is 3.07. The Balaban J connectivity index is 1.45. The molecular weight excluding hydrogens is 324 g/mol. The van der Waals surface area contributed by atoms with Crippen LogP contribution in [0, 0.1) is 0 Å². The minimum atomic E-state index is 0.541. The van der Waals surface area contributed by atoms with E-state index in [1.165, 1.54) is 17.7 Å². The van der Waals surface area contributed by atoms with E-state index in [2.05, 4.69) is 25.6 Å². The Bertz CT molecular complexity index is 882. The summed E-state index contributed by atoms with van der Waals surface area (Å²) in [5.41, 5.74) is 3.43. The fourth-order valence-corrected chi connectivity index (χ4v) is 4.15. The van der Waals surface area contributed by atoms with Gasteiger partial charge in [0.2, 0.25) is 0 Å². The number of fused-ring (bicyclic) bond motifs is 1. The van der Waals surface area contributed by atoms with Gasteiger partial charge in [0.1, 0.15) is 11.5 Å². The van der Waals surface area contributed by atoms with Crippen molar-refractivity contribution in [3.8, 4) is 11.5 Å². The molecule has 0 unspecified atom stereocenters. The monoisotopic (exact) mass is 346 g/mol. The molecule has 0 amide bonds. The van der Waals surface area contributed by atoms with E-state index in [9.17, 15) is 0 Å². The highest BCUT2D eigenvalue weighted by Gasteiger charge is 2.27. The van der Waals surface area contributed by atoms with E-state index >= 15 is 0 Å². The maximum absolute atomic E-state index is 4.96. The Hall–Kier alpha value is -2.76. The molecule has 6 nitrogen and oxygen atoms in total. The van der Waals surface area contributed by atoms with Gasteiger partial charge in [0.15, 0.2) is 5.82 Å². The molecule has 0 atom stereocenters. The number of hydrogen-bond acceptors (Lipinski definition) is 5. The van der Waals surface area contributed by atoms with Crippen LogP contribution >= 0.6 is 0 Å². The Morgan fingerprint density at radius 2 is 1.92 bits per heavy atom. The summed E-state index contributed by atoms with van der Waals surface area (Å²) in [5.74, 6) is 1.90. The van der Waals surface area contributed by atoms with Crippen molar-refractivity contribution < 1.29 is 0 Å². The fourth-order valence-electron chi connectivity index (χ4n) is 4.15. The molecule has 1 aliphatic heterocycles. The quantitative estimate of drug-likeness (QED) is 0.729. The Labute approximate surface area is 153 Å². The van der Waals surface area contributed by atoms with Crippen molar-refractivity contribution in [2.75, 3.05) is 18.0 Å². The number of piperidine rings is 1. The second-order valence-corrected chi connectivity index (χ2v) is 7.09. The number of hydrogen-bond donors (Lipinski definition) is 0. The van der Waals surface area contributed by atoms with Crippen LogP contribution in [0.3, 0.4) is 0 Å². The molecule has 0 radical (unpaired) electrons. The van der Waals surface area contributed by atoms with Crippen LogP contribution in [0.1, 0.15) is 36.6 Å². The van der Waals surface area contributed by atoms with E-state index in [1.807, 2.05) is 36.9 Å². The third-order valence-electron chi connectivity index (χ3n) is 5.52. The lowest BCUT2D eigenvalue weighted by molar-refractivity contribution is 0.394.